The summed E-state index contributed by atoms with van der Waals surface area (Å²) in [5.74, 6) is 0.969. The van der Waals surface area contributed by atoms with Gasteiger partial charge < -0.3 is 10.6 Å². The van der Waals surface area contributed by atoms with Crippen LogP contribution in [-0.2, 0) is 6.42 Å². The second kappa shape index (κ2) is 5.65. The number of hydrogen-bond donors (Lipinski definition) is 2. The summed E-state index contributed by atoms with van der Waals surface area (Å²) < 4.78 is 0. The Labute approximate surface area is 110 Å². The predicted molar refractivity (Wildman–Crippen MR) is 74.7 cm³/mol. The smallest absolute Gasteiger partial charge is 0.129 e. The van der Waals surface area contributed by atoms with Crippen molar-refractivity contribution >= 4 is 5.82 Å². The first-order chi connectivity index (χ1) is 8.53. The molecule has 1 fully saturated rings. The van der Waals surface area contributed by atoms with Crippen LogP contribution in [0.2, 0.25) is 0 Å². The lowest BCUT2D eigenvalue weighted by Gasteiger charge is -2.24. The van der Waals surface area contributed by atoms with Gasteiger partial charge in [0, 0.05) is 17.8 Å². The first-order valence-corrected chi connectivity index (χ1v) is 6.81. The zero-order chi connectivity index (χ0) is 13.0. The van der Waals surface area contributed by atoms with E-state index >= 15 is 0 Å². The van der Waals surface area contributed by atoms with Crippen LogP contribution in [0.1, 0.15) is 39.3 Å². The van der Waals surface area contributed by atoms with Crippen molar-refractivity contribution < 1.29 is 0 Å². The van der Waals surface area contributed by atoms with Crippen LogP contribution in [0.5, 0.6) is 0 Å². The molecule has 2 rings (SSSR count). The van der Waals surface area contributed by atoms with Gasteiger partial charge in [-0.25, -0.2) is 9.97 Å². The van der Waals surface area contributed by atoms with Crippen molar-refractivity contribution in [2.24, 2.45) is 5.41 Å². The molecule has 0 atom stereocenters. The van der Waals surface area contributed by atoms with Crippen LogP contribution in [0.25, 0.3) is 0 Å². The van der Waals surface area contributed by atoms with Crippen molar-refractivity contribution in [2.45, 2.75) is 46.1 Å². The van der Waals surface area contributed by atoms with Crippen molar-refractivity contribution in [2.75, 3.05) is 18.4 Å². The van der Waals surface area contributed by atoms with Crippen LogP contribution < -0.4 is 10.6 Å². The Kier molecular flexibility index (Phi) is 4.17. The molecule has 0 radical (unpaired) electrons. The van der Waals surface area contributed by atoms with Gasteiger partial charge in [-0.3, -0.25) is 0 Å². The van der Waals surface area contributed by atoms with E-state index in [1.165, 1.54) is 12.8 Å². The van der Waals surface area contributed by atoms with Crippen LogP contribution in [0, 0.1) is 5.41 Å². The van der Waals surface area contributed by atoms with Gasteiger partial charge in [0.2, 0.25) is 0 Å². The molecule has 1 aromatic heterocycles. The van der Waals surface area contributed by atoms with Gasteiger partial charge in [-0.15, -0.1) is 0 Å². The Morgan fingerprint density at radius 2 is 2.00 bits per heavy atom. The number of nitrogens with one attached hydrogen (secondary N) is 2. The molecule has 0 aromatic carbocycles. The zero-order valence-corrected chi connectivity index (χ0v) is 11.7. The number of nitrogens with zero attached hydrogens (tertiary/aromatic N) is 2. The minimum atomic E-state index is 0.264. The van der Waals surface area contributed by atoms with E-state index in [-0.39, 0.29) is 5.41 Å². The largest absolute Gasteiger partial charge is 0.367 e. The molecule has 0 bridgehead atoms. The SMILES string of the molecule is CC(C)(C)Cc1cc(NC2CCNCC2)ncn1. The van der Waals surface area contributed by atoms with Crippen LogP contribution in [0.3, 0.4) is 0 Å². The quantitative estimate of drug-likeness (QED) is 0.861. The third kappa shape index (κ3) is 4.26. The van der Waals surface area contributed by atoms with Crippen molar-refractivity contribution in [1.82, 2.24) is 15.3 Å². The van der Waals surface area contributed by atoms with E-state index in [4.69, 9.17) is 0 Å². The van der Waals surface area contributed by atoms with E-state index in [2.05, 4.69) is 47.4 Å². The summed E-state index contributed by atoms with van der Waals surface area (Å²) in [7, 11) is 0. The molecular formula is C14H24N4. The minimum Gasteiger partial charge on any atom is -0.367 e. The topological polar surface area (TPSA) is 49.8 Å². The van der Waals surface area contributed by atoms with Gasteiger partial charge in [0.1, 0.15) is 12.1 Å². The van der Waals surface area contributed by atoms with Crippen LogP contribution >= 0.6 is 0 Å². The summed E-state index contributed by atoms with van der Waals surface area (Å²) in [4.78, 5) is 8.68. The second-order valence-corrected chi connectivity index (χ2v) is 6.30. The number of piperidine rings is 1. The molecule has 2 heterocycles. The molecule has 0 unspecified atom stereocenters. The maximum atomic E-state index is 4.35. The fourth-order valence-electron chi connectivity index (χ4n) is 2.29. The maximum Gasteiger partial charge on any atom is 0.129 e. The Bertz CT molecular complexity index is 378. The van der Waals surface area contributed by atoms with E-state index in [0.717, 1.165) is 31.0 Å². The number of rotatable bonds is 3. The molecule has 1 aliphatic heterocycles. The zero-order valence-electron chi connectivity index (χ0n) is 11.7. The standard InChI is InChI=1S/C14H24N4/c1-14(2,3)9-12-8-13(17-10-16-12)18-11-4-6-15-7-5-11/h8,10-11,15H,4-7,9H2,1-3H3,(H,16,17,18). The lowest BCUT2D eigenvalue weighted by atomic mass is 9.90. The molecule has 4 heteroatoms. The lowest BCUT2D eigenvalue weighted by molar-refractivity contribution is 0.406. The number of hydrogen-bond acceptors (Lipinski definition) is 4. The van der Waals surface area contributed by atoms with E-state index in [1.807, 2.05) is 0 Å². The summed E-state index contributed by atoms with van der Waals surface area (Å²) >= 11 is 0. The first kappa shape index (κ1) is 13.3. The summed E-state index contributed by atoms with van der Waals surface area (Å²) in [6.45, 7) is 8.88. The molecule has 2 N–H and O–H groups in total. The van der Waals surface area contributed by atoms with Crippen molar-refractivity contribution in [3.63, 3.8) is 0 Å². The summed E-state index contributed by atoms with van der Waals surface area (Å²) in [5.41, 5.74) is 1.38. The Morgan fingerprint density at radius 3 is 2.67 bits per heavy atom. The van der Waals surface area contributed by atoms with E-state index in [0.29, 0.717) is 6.04 Å². The van der Waals surface area contributed by atoms with Gasteiger partial charge in [-0.05, 0) is 37.8 Å². The van der Waals surface area contributed by atoms with Crippen LogP contribution in [0.4, 0.5) is 5.82 Å². The van der Waals surface area contributed by atoms with E-state index in [9.17, 15) is 0 Å². The average Bonchev–Trinajstić information content (AvgIpc) is 2.28. The summed E-state index contributed by atoms with van der Waals surface area (Å²) in [6, 6.07) is 2.64. The van der Waals surface area contributed by atoms with Gasteiger partial charge in [0.15, 0.2) is 0 Å². The monoisotopic (exact) mass is 248 g/mol. The van der Waals surface area contributed by atoms with Gasteiger partial charge in [-0.1, -0.05) is 20.8 Å². The predicted octanol–water partition coefficient (Wildman–Crippen LogP) is 2.23. The van der Waals surface area contributed by atoms with Crippen LogP contribution in [-0.4, -0.2) is 29.1 Å². The third-order valence-electron chi connectivity index (χ3n) is 3.13. The highest BCUT2D eigenvalue weighted by Gasteiger charge is 2.15. The maximum absolute atomic E-state index is 4.35. The van der Waals surface area contributed by atoms with Gasteiger partial charge >= 0.3 is 0 Å². The second-order valence-electron chi connectivity index (χ2n) is 6.30. The summed E-state index contributed by atoms with van der Waals surface area (Å²) in [5, 5.41) is 6.89. The van der Waals surface area contributed by atoms with Crippen LogP contribution in [0.15, 0.2) is 12.4 Å². The van der Waals surface area contributed by atoms with Crippen molar-refractivity contribution in [1.29, 1.82) is 0 Å². The third-order valence-corrected chi connectivity index (χ3v) is 3.13. The fraction of sp³-hybridized carbons (Fsp3) is 0.714. The van der Waals surface area contributed by atoms with Gasteiger partial charge in [0.05, 0.1) is 0 Å². The molecule has 4 nitrogen and oxygen atoms in total. The summed E-state index contributed by atoms with van der Waals surface area (Å²) in [6.07, 6.45) is 4.98. The molecule has 1 saturated heterocycles. The fourth-order valence-corrected chi connectivity index (χ4v) is 2.29. The number of aromatic nitrogens is 2. The highest BCUT2D eigenvalue weighted by atomic mass is 15.0. The molecule has 0 amide bonds. The first-order valence-electron chi connectivity index (χ1n) is 6.81. The minimum absolute atomic E-state index is 0.264. The van der Waals surface area contributed by atoms with Gasteiger partial charge in [0.25, 0.3) is 0 Å². The molecule has 1 aromatic rings. The molecular weight excluding hydrogens is 224 g/mol. The molecule has 0 saturated carbocycles. The van der Waals surface area contributed by atoms with Crippen molar-refractivity contribution in [3.05, 3.63) is 18.1 Å². The Balaban J connectivity index is 1.98. The molecule has 0 spiro atoms. The lowest BCUT2D eigenvalue weighted by Crippen LogP contribution is -2.35. The van der Waals surface area contributed by atoms with Gasteiger partial charge in [-0.2, -0.15) is 0 Å². The highest BCUT2D eigenvalue weighted by Crippen LogP contribution is 2.20. The molecule has 18 heavy (non-hydrogen) atoms. The molecule has 0 aliphatic carbocycles. The van der Waals surface area contributed by atoms with E-state index in [1.54, 1.807) is 6.33 Å². The average molecular weight is 248 g/mol. The number of anilines is 1. The Hall–Kier alpha value is -1.16. The molecule has 1 aliphatic rings. The van der Waals surface area contributed by atoms with E-state index < -0.39 is 0 Å². The highest BCUT2D eigenvalue weighted by molar-refractivity contribution is 5.36. The molecule has 100 valence electrons. The normalized spacial score (nSPS) is 17.7. The Morgan fingerprint density at radius 1 is 1.28 bits per heavy atom. The van der Waals surface area contributed by atoms with Crippen molar-refractivity contribution in [3.8, 4) is 0 Å².